The maximum Gasteiger partial charge on any atom is 0.278 e. The number of carbonyl (C=O) groups excluding carboxylic acids is 1. The topological polar surface area (TPSA) is 101 Å². The van der Waals surface area contributed by atoms with Gasteiger partial charge in [-0.15, -0.1) is 0 Å². The van der Waals surface area contributed by atoms with E-state index in [0.717, 1.165) is 18.4 Å². The second-order valence-corrected chi connectivity index (χ2v) is 8.44. The van der Waals surface area contributed by atoms with E-state index in [2.05, 4.69) is 20.6 Å². The van der Waals surface area contributed by atoms with Gasteiger partial charge in [-0.05, 0) is 36.5 Å². The Kier molecular flexibility index (Phi) is 5.33. The van der Waals surface area contributed by atoms with Gasteiger partial charge in [0.25, 0.3) is 5.91 Å². The van der Waals surface area contributed by atoms with E-state index in [1.165, 1.54) is 30.9 Å². The molecule has 1 aromatic heterocycles. The summed E-state index contributed by atoms with van der Waals surface area (Å²) in [7, 11) is -0.571. The van der Waals surface area contributed by atoms with Gasteiger partial charge in [0.2, 0.25) is 10.0 Å². The maximum absolute atomic E-state index is 12.2. The van der Waals surface area contributed by atoms with Crippen LogP contribution in [-0.4, -0.2) is 39.7 Å². The number of aromatic nitrogens is 1. The number of amides is 1. The minimum absolute atomic E-state index is 0.282. The number of benzene rings is 1. The van der Waals surface area contributed by atoms with E-state index >= 15 is 0 Å². The summed E-state index contributed by atoms with van der Waals surface area (Å²) in [4.78, 5) is 20.9. The number of pyridine rings is 1. The van der Waals surface area contributed by atoms with Crippen molar-refractivity contribution >= 4 is 33.0 Å². The van der Waals surface area contributed by atoms with E-state index in [9.17, 15) is 13.2 Å². The zero-order chi connectivity index (χ0) is 19.6. The molecule has 1 saturated carbocycles. The van der Waals surface area contributed by atoms with Crippen molar-refractivity contribution < 1.29 is 18.0 Å². The van der Waals surface area contributed by atoms with Crippen molar-refractivity contribution in [2.45, 2.75) is 18.8 Å². The minimum Gasteiger partial charge on any atom is -0.353 e. The summed E-state index contributed by atoms with van der Waals surface area (Å²) in [6, 6.07) is 7.27. The summed E-state index contributed by atoms with van der Waals surface area (Å²) in [5.74, 6) is -0.107. The molecule has 1 aromatic carbocycles. The first-order valence-electron chi connectivity index (χ1n) is 8.44. The van der Waals surface area contributed by atoms with Crippen LogP contribution in [0.15, 0.2) is 36.7 Å². The first kappa shape index (κ1) is 19.1. The van der Waals surface area contributed by atoms with Gasteiger partial charge in [0, 0.05) is 19.4 Å². The van der Waals surface area contributed by atoms with Crippen LogP contribution in [0.2, 0.25) is 0 Å². The molecule has 1 fully saturated rings. The maximum atomic E-state index is 12.2. The number of hydroxylamine groups is 1. The van der Waals surface area contributed by atoms with E-state index < -0.39 is 15.9 Å². The van der Waals surface area contributed by atoms with Gasteiger partial charge in [-0.2, -0.15) is 0 Å². The molecule has 0 unspecified atom stereocenters. The molecule has 0 radical (unpaired) electrons. The van der Waals surface area contributed by atoms with Crippen LogP contribution < -0.4 is 15.1 Å². The molecule has 2 aromatic rings. The molecule has 27 heavy (non-hydrogen) atoms. The lowest BCUT2D eigenvalue weighted by atomic mass is 10.1. The van der Waals surface area contributed by atoms with Gasteiger partial charge in [0.15, 0.2) is 0 Å². The van der Waals surface area contributed by atoms with Crippen LogP contribution in [0.4, 0.5) is 17.1 Å². The molecule has 8 nitrogen and oxygen atoms in total. The molecule has 0 spiro atoms. The quantitative estimate of drug-likeness (QED) is 0.704. The van der Waals surface area contributed by atoms with Gasteiger partial charge in [0.1, 0.15) is 0 Å². The summed E-state index contributed by atoms with van der Waals surface area (Å²) in [6.07, 6.45) is 6.21. The predicted octanol–water partition coefficient (Wildman–Crippen LogP) is 2.39. The lowest BCUT2D eigenvalue weighted by molar-refractivity contribution is 0.0538. The fraction of sp³-hybridized carbons (Fsp3) is 0.333. The van der Waals surface area contributed by atoms with Gasteiger partial charge in [-0.25, -0.2) is 13.9 Å². The summed E-state index contributed by atoms with van der Waals surface area (Å²) >= 11 is 0. The van der Waals surface area contributed by atoms with Gasteiger partial charge < -0.3 is 5.32 Å². The van der Waals surface area contributed by atoms with Crippen LogP contribution in [0.1, 0.15) is 34.7 Å². The Morgan fingerprint density at radius 2 is 2.00 bits per heavy atom. The Morgan fingerprint density at radius 3 is 2.63 bits per heavy atom. The molecule has 1 aliphatic rings. The molecular formula is C18H22N4O4S. The highest BCUT2D eigenvalue weighted by Crippen LogP contribution is 2.47. The van der Waals surface area contributed by atoms with E-state index in [-0.39, 0.29) is 5.56 Å². The molecule has 3 rings (SSSR count). The monoisotopic (exact) mass is 390 g/mol. The normalized spacial score (nSPS) is 13.9. The van der Waals surface area contributed by atoms with Gasteiger partial charge in [-0.3, -0.25) is 18.9 Å². The largest absolute Gasteiger partial charge is 0.353 e. The molecule has 1 heterocycles. The minimum atomic E-state index is -3.45. The smallest absolute Gasteiger partial charge is 0.278 e. The zero-order valence-electron chi connectivity index (χ0n) is 15.4. The van der Waals surface area contributed by atoms with Crippen LogP contribution >= 0.6 is 0 Å². The second kappa shape index (κ2) is 7.53. The van der Waals surface area contributed by atoms with E-state index in [0.29, 0.717) is 23.0 Å². The Bertz CT molecular complexity index is 958. The molecule has 0 aliphatic heterocycles. The van der Waals surface area contributed by atoms with Crippen molar-refractivity contribution in [3.8, 4) is 0 Å². The van der Waals surface area contributed by atoms with Gasteiger partial charge in [0.05, 0.1) is 36.0 Å². The molecule has 0 atom stereocenters. The highest BCUT2D eigenvalue weighted by atomic mass is 32.2. The molecule has 144 valence electrons. The SMILES string of the molecule is CONC(=O)c1cnccc1Nc1cccc(C2CC2)c1N(C)S(C)(=O)=O. The number of anilines is 3. The fourth-order valence-electron chi connectivity index (χ4n) is 2.88. The molecule has 2 N–H and O–H groups in total. The molecular weight excluding hydrogens is 368 g/mol. The van der Waals surface area contributed by atoms with Crippen molar-refractivity contribution in [1.29, 1.82) is 0 Å². The Hall–Kier alpha value is -2.65. The summed E-state index contributed by atoms with van der Waals surface area (Å²) < 4.78 is 25.7. The lowest BCUT2D eigenvalue weighted by Crippen LogP contribution is -2.27. The van der Waals surface area contributed by atoms with Gasteiger partial charge >= 0.3 is 0 Å². The third kappa shape index (κ3) is 4.20. The summed E-state index contributed by atoms with van der Waals surface area (Å²) in [5, 5.41) is 3.19. The van der Waals surface area contributed by atoms with Crippen LogP contribution in [0.3, 0.4) is 0 Å². The third-order valence-corrected chi connectivity index (χ3v) is 5.60. The Labute approximate surface area is 158 Å². The predicted molar refractivity (Wildman–Crippen MR) is 104 cm³/mol. The number of hydrogen-bond donors (Lipinski definition) is 2. The number of hydrogen-bond acceptors (Lipinski definition) is 6. The fourth-order valence-corrected chi connectivity index (χ4v) is 3.42. The first-order chi connectivity index (χ1) is 12.8. The number of nitrogens with zero attached hydrogens (tertiary/aromatic N) is 2. The number of para-hydroxylation sites is 1. The van der Waals surface area contributed by atoms with Crippen LogP contribution in [0, 0.1) is 0 Å². The number of nitrogens with one attached hydrogen (secondary N) is 2. The van der Waals surface area contributed by atoms with Crippen LogP contribution in [0.25, 0.3) is 0 Å². The number of sulfonamides is 1. The summed E-state index contributed by atoms with van der Waals surface area (Å²) in [5.41, 5.74) is 5.21. The number of carbonyl (C=O) groups is 1. The van der Waals surface area contributed by atoms with Crippen molar-refractivity contribution in [3.63, 3.8) is 0 Å². The summed E-state index contributed by atoms with van der Waals surface area (Å²) in [6.45, 7) is 0. The first-order valence-corrected chi connectivity index (χ1v) is 10.3. The molecule has 0 bridgehead atoms. The van der Waals surface area contributed by atoms with Crippen LogP contribution in [0.5, 0.6) is 0 Å². The van der Waals surface area contributed by atoms with E-state index in [4.69, 9.17) is 0 Å². The Balaban J connectivity index is 2.06. The lowest BCUT2D eigenvalue weighted by Gasteiger charge is -2.24. The molecule has 1 amide bonds. The molecule has 1 aliphatic carbocycles. The van der Waals surface area contributed by atoms with Crippen molar-refractivity contribution in [2.75, 3.05) is 30.0 Å². The Morgan fingerprint density at radius 1 is 1.26 bits per heavy atom. The van der Waals surface area contributed by atoms with E-state index in [1.807, 2.05) is 12.1 Å². The molecule has 9 heteroatoms. The van der Waals surface area contributed by atoms with Crippen molar-refractivity contribution in [2.24, 2.45) is 0 Å². The van der Waals surface area contributed by atoms with Gasteiger partial charge in [-0.1, -0.05) is 12.1 Å². The highest BCUT2D eigenvalue weighted by Gasteiger charge is 2.30. The highest BCUT2D eigenvalue weighted by molar-refractivity contribution is 7.92. The third-order valence-electron chi connectivity index (χ3n) is 4.43. The second-order valence-electron chi connectivity index (χ2n) is 6.43. The standard InChI is InChI=1S/C18H22N4O4S/c1-22(27(3,24)25)17-13(12-7-8-12)5-4-6-16(17)20-15-9-10-19-11-14(15)18(23)21-26-2/h4-6,9-12H,7-8H2,1-3H3,(H,19,20)(H,21,23). The average molecular weight is 390 g/mol. The number of rotatable bonds is 7. The van der Waals surface area contributed by atoms with E-state index in [1.54, 1.807) is 18.3 Å². The average Bonchev–Trinajstić information content (AvgIpc) is 3.46. The van der Waals surface area contributed by atoms with Crippen molar-refractivity contribution in [1.82, 2.24) is 10.5 Å². The van der Waals surface area contributed by atoms with Crippen molar-refractivity contribution in [3.05, 3.63) is 47.8 Å². The zero-order valence-corrected chi connectivity index (χ0v) is 16.2. The molecule has 0 saturated heterocycles. The van der Waals surface area contributed by atoms with Crippen LogP contribution in [-0.2, 0) is 14.9 Å².